The zero-order valence-corrected chi connectivity index (χ0v) is 24.0. The molecule has 0 aromatic heterocycles. The van der Waals surface area contributed by atoms with Crippen LogP contribution in [0.4, 0.5) is 0 Å². The SMILES string of the molecule is CC(C)CCC[C@@H](C)[C@H]1CC[C@H]2[C@@H]3CC[C@H]4[C@H](O[Si](C)(C)C)CCC[C@]4(C)[C@H]3CC[C@]12C. The van der Waals surface area contributed by atoms with Gasteiger partial charge in [0.15, 0.2) is 8.32 Å². The van der Waals surface area contributed by atoms with Gasteiger partial charge in [-0.15, -0.1) is 0 Å². The highest BCUT2D eigenvalue weighted by Gasteiger charge is 2.61. The van der Waals surface area contributed by atoms with Crippen LogP contribution in [0.3, 0.4) is 0 Å². The van der Waals surface area contributed by atoms with E-state index in [2.05, 4.69) is 54.3 Å². The molecule has 32 heavy (non-hydrogen) atoms. The first kappa shape index (κ1) is 25.3. The van der Waals surface area contributed by atoms with E-state index in [0.717, 1.165) is 41.4 Å². The summed E-state index contributed by atoms with van der Waals surface area (Å²) in [5.74, 6) is 6.60. The van der Waals surface area contributed by atoms with Crippen molar-refractivity contribution in [1.82, 2.24) is 0 Å². The molecule has 0 amide bonds. The van der Waals surface area contributed by atoms with Crippen LogP contribution in [0.1, 0.15) is 112 Å². The Hall–Kier alpha value is 0.177. The van der Waals surface area contributed by atoms with Crippen molar-refractivity contribution in [2.45, 2.75) is 137 Å². The molecule has 0 heterocycles. The van der Waals surface area contributed by atoms with E-state index in [0.29, 0.717) is 16.9 Å². The van der Waals surface area contributed by atoms with Gasteiger partial charge in [-0.25, -0.2) is 0 Å². The highest BCUT2D eigenvalue weighted by molar-refractivity contribution is 6.69. The van der Waals surface area contributed by atoms with Gasteiger partial charge in [-0.3, -0.25) is 0 Å². The lowest BCUT2D eigenvalue weighted by atomic mass is 9.44. The topological polar surface area (TPSA) is 9.23 Å². The second-order valence-corrected chi connectivity index (χ2v) is 19.2. The molecule has 0 N–H and O–H groups in total. The zero-order valence-electron chi connectivity index (χ0n) is 23.0. The monoisotopic (exact) mass is 460 g/mol. The third kappa shape index (κ3) is 4.67. The van der Waals surface area contributed by atoms with Crippen molar-refractivity contribution in [2.24, 2.45) is 52.3 Å². The van der Waals surface area contributed by atoms with E-state index >= 15 is 0 Å². The van der Waals surface area contributed by atoms with Crippen molar-refractivity contribution in [3.05, 3.63) is 0 Å². The van der Waals surface area contributed by atoms with Gasteiger partial charge in [-0.2, -0.15) is 0 Å². The van der Waals surface area contributed by atoms with E-state index in [1.54, 1.807) is 0 Å². The minimum Gasteiger partial charge on any atom is -0.414 e. The summed E-state index contributed by atoms with van der Waals surface area (Å²) in [6.07, 6.45) is 18.1. The molecule has 0 saturated heterocycles. The molecular weight excluding hydrogens is 404 g/mol. The molecule has 0 aromatic carbocycles. The average Bonchev–Trinajstić information content (AvgIpc) is 3.03. The van der Waals surface area contributed by atoms with Crippen LogP contribution in [0.2, 0.25) is 19.6 Å². The van der Waals surface area contributed by atoms with Crippen molar-refractivity contribution in [3.8, 4) is 0 Å². The third-order valence-electron chi connectivity index (χ3n) is 11.3. The molecule has 1 nitrogen and oxygen atoms in total. The quantitative estimate of drug-likeness (QED) is 0.344. The third-order valence-corrected chi connectivity index (χ3v) is 12.3. The van der Waals surface area contributed by atoms with Crippen LogP contribution in [0.5, 0.6) is 0 Å². The Morgan fingerprint density at radius 2 is 1.47 bits per heavy atom. The highest BCUT2D eigenvalue weighted by atomic mass is 28.4. The summed E-state index contributed by atoms with van der Waals surface area (Å²) in [7, 11) is -1.47. The maximum Gasteiger partial charge on any atom is 0.184 e. The van der Waals surface area contributed by atoms with Crippen molar-refractivity contribution in [3.63, 3.8) is 0 Å². The maximum absolute atomic E-state index is 6.84. The van der Waals surface area contributed by atoms with E-state index in [4.69, 9.17) is 4.43 Å². The van der Waals surface area contributed by atoms with E-state index in [-0.39, 0.29) is 0 Å². The first-order valence-electron chi connectivity index (χ1n) is 14.6. The van der Waals surface area contributed by atoms with Crippen molar-refractivity contribution < 1.29 is 4.43 Å². The molecule has 0 spiro atoms. The molecule has 186 valence electrons. The maximum atomic E-state index is 6.84. The van der Waals surface area contributed by atoms with Gasteiger partial charge >= 0.3 is 0 Å². The second kappa shape index (κ2) is 9.33. The van der Waals surface area contributed by atoms with Gasteiger partial charge in [-0.1, -0.05) is 60.3 Å². The van der Waals surface area contributed by atoms with Gasteiger partial charge in [0.05, 0.1) is 0 Å². The summed E-state index contributed by atoms with van der Waals surface area (Å²) >= 11 is 0. The van der Waals surface area contributed by atoms with Crippen LogP contribution >= 0.6 is 0 Å². The Morgan fingerprint density at radius 3 is 2.16 bits per heavy atom. The Bertz CT molecular complexity index is 637. The van der Waals surface area contributed by atoms with Crippen LogP contribution in [0.25, 0.3) is 0 Å². The number of fused-ring (bicyclic) bond motifs is 5. The molecule has 0 aromatic rings. The van der Waals surface area contributed by atoms with E-state index in [1.807, 2.05) is 0 Å². The largest absolute Gasteiger partial charge is 0.414 e. The molecule has 0 bridgehead atoms. The molecule has 4 aliphatic rings. The minimum absolute atomic E-state index is 0.549. The van der Waals surface area contributed by atoms with Gasteiger partial charge < -0.3 is 4.43 Å². The van der Waals surface area contributed by atoms with Gasteiger partial charge in [0.1, 0.15) is 0 Å². The minimum atomic E-state index is -1.47. The van der Waals surface area contributed by atoms with Gasteiger partial charge in [0, 0.05) is 6.10 Å². The van der Waals surface area contributed by atoms with E-state index in [1.165, 1.54) is 77.0 Å². The van der Waals surface area contributed by atoms with E-state index < -0.39 is 8.32 Å². The molecule has 2 heteroatoms. The molecule has 0 radical (unpaired) electrons. The Labute approximate surface area is 202 Å². The summed E-state index contributed by atoms with van der Waals surface area (Å²) in [6.45, 7) is 20.1. The molecule has 0 unspecified atom stereocenters. The Balaban J connectivity index is 1.47. The molecule has 4 fully saturated rings. The van der Waals surface area contributed by atoms with E-state index in [9.17, 15) is 0 Å². The number of rotatable bonds is 7. The lowest BCUT2D eigenvalue weighted by Crippen LogP contribution is -2.57. The molecule has 9 atom stereocenters. The predicted molar refractivity (Wildman–Crippen MR) is 141 cm³/mol. The van der Waals surface area contributed by atoms with Crippen LogP contribution in [0.15, 0.2) is 0 Å². The fourth-order valence-electron chi connectivity index (χ4n) is 9.97. The molecule has 0 aliphatic heterocycles. The summed E-state index contributed by atoms with van der Waals surface area (Å²) in [5, 5.41) is 0. The standard InChI is InChI=1S/C30H56OSi/c1-21(2)11-9-12-22(3)24-16-17-25-23-14-15-27-28(31-32(6,7)8)13-10-19-29(27,4)26(23)18-20-30(24,25)5/h21-28H,9-20H2,1-8H3/t22-,23+,24-,25+,26+,27+,28-,29-,30-/m1/s1. The molecule has 4 saturated carbocycles. The highest BCUT2D eigenvalue weighted by Crippen LogP contribution is 2.68. The lowest BCUT2D eigenvalue weighted by molar-refractivity contribution is -0.142. The number of hydrogen-bond donors (Lipinski definition) is 0. The number of hydrogen-bond acceptors (Lipinski definition) is 1. The lowest BCUT2D eigenvalue weighted by Gasteiger charge is -2.62. The van der Waals surface area contributed by atoms with Crippen LogP contribution in [0, 0.1) is 52.3 Å². The van der Waals surface area contributed by atoms with Crippen LogP contribution in [-0.4, -0.2) is 14.4 Å². The summed E-state index contributed by atoms with van der Waals surface area (Å²) in [5.41, 5.74) is 1.18. The second-order valence-electron chi connectivity index (χ2n) is 14.8. The molecule has 4 aliphatic carbocycles. The predicted octanol–water partition coefficient (Wildman–Crippen LogP) is 9.33. The Morgan fingerprint density at radius 1 is 0.781 bits per heavy atom. The summed E-state index contributed by atoms with van der Waals surface area (Å²) in [6, 6.07) is 0. The van der Waals surface area contributed by atoms with Crippen molar-refractivity contribution in [1.29, 1.82) is 0 Å². The van der Waals surface area contributed by atoms with Gasteiger partial charge in [-0.05, 0) is 123 Å². The average molecular weight is 461 g/mol. The van der Waals surface area contributed by atoms with Crippen molar-refractivity contribution >= 4 is 8.32 Å². The molecule has 4 rings (SSSR count). The van der Waals surface area contributed by atoms with Crippen LogP contribution in [-0.2, 0) is 4.43 Å². The normalized spacial score (nSPS) is 45.3. The van der Waals surface area contributed by atoms with Crippen molar-refractivity contribution in [2.75, 3.05) is 0 Å². The summed E-state index contributed by atoms with van der Waals surface area (Å²) < 4.78 is 6.84. The Kier molecular flexibility index (Phi) is 7.37. The smallest absolute Gasteiger partial charge is 0.184 e. The van der Waals surface area contributed by atoms with Gasteiger partial charge in [0.25, 0.3) is 0 Å². The zero-order chi connectivity index (χ0) is 23.3. The molecular formula is C30H56OSi. The first-order valence-corrected chi connectivity index (χ1v) is 18.0. The summed E-state index contributed by atoms with van der Waals surface area (Å²) in [4.78, 5) is 0. The van der Waals surface area contributed by atoms with Crippen LogP contribution < -0.4 is 0 Å². The van der Waals surface area contributed by atoms with Gasteiger partial charge in [0.2, 0.25) is 0 Å². The fraction of sp³-hybridized carbons (Fsp3) is 1.00. The fourth-order valence-corrected chi connectivity index (χ4v) is 11.2. The first-order chi connectivity index (χ1) is 15.0.